The summed E-state index contributed by atoms with van der Waals surface area (Å²) in [5.41, 5.74) is 4.22. The summed E-state index contributed by atoms with van der Waals surface area (Å²) in [5, 5.41) is 11.2. The summed E-state index contributed by atoms with van der Waals surface area (Å²) in [4.78, 5) is 30.3. The summed E-state index contributed by atoms with van der Waals surface area (Å²) >= 11 is 0. The summed E-state index contributed by atoms with van der Waals surface area (Å²) < 4.78 is 0. The van der Waals surface area contributed by atoms with Crippen LogP contribution < -0.4 is 9.80 Å². The number of benzene rings is 3. The Kier molecular flexibility index (Phi) is 6.82. The maximum atomic E-state index is 13.3. The first-order chi connectivity index (χ1) is 16.5. The molecule has 0 radical (unpaired) electrons. The Hall–Kier alpha value is -3.86. The van der Waals surface area contributed by atoms with Gasteiger partial charge in [-0.3, -0.25) is 14.5 Å². The van der Waals surface area contributed by atoms with Gasteiger partial charge in [0.1, 0.15) is 5.76 Å². The number of aliphatic hydroxyl groups excluding tert-OH is 1. The third kappa shape index (κ3) is 4.21. The Morgan fingerprint density at radius 2 is 1.47 bits per heavy atom. The van der Waals surface area contributed by atoms with Crippen LogP contribution in [0, 0.1) is 0 Å². The summed E-state index contributed by atoms with van der Waals surface area (Å²) in [7, 11) is 0. The van der Waals surface area contributed by atoms with E-state index in [2.05, 4.69) is 25.7 Å². The van der Waals surface area contributed by atoms with Crippen molar-refractivity contribution in [3.05, 3.63) is 101 Å². The third-order valence-electron chi connectivity index (χ3n) is 6.45. The fourth-order valence-electron chi connectivity index (χ4n) is 4.51. The zero-order chi connectivity index (χ0) is 24.2. The molecule has 0 aliphatic carbocycles. The molecule has 1 amide bonds. The molecule has 174 valence electrons. The summed E-state index contributed by atoms with van der Waals surface area (Å²) in [6.45, 7) is 8.04. The highest BCUT2D eigenvalue weighted by Gasteiger charge is 2.46. The number of aryl methyl sites for hydroxylation is 1. The third-order valence-corrected chi connectivity index (χ3v) is 6.45. The van der Waals surface area contributed by atoms with Crippen molar-refractivity contribution in [2.75, 3.05) is 22.9 Å². The van der Waals surface area contributed by atoms with E-state index in [9.17, 15) is 14.7 Å². The first kappa shape index (κ1) is 23.3. The molecule has 1 unspecified atom stereocenters. The van der Waals surface area contributed by atoms with Crippen LogP contribution in [0.2, 0.25) is 0 Å². The van der Waals surface area contributed by atoms with Crippen LogP contribution in [-0.2, 0) is 16.0 Å². The molecule has 3 aromatic carbocycles. The number of nitrogens with zero attached hydrogens (tertiary/aromatic N) is 2. The maximum absolute atomic E-state index is 13.3. The van der Waals surface area contributed by atoms with Gasteiger partial charge in [0.2, 0.25) is 0 Å². The lowest BCUT2D eigenvalue weighted by Gasteiger charge is -2.27. The number of carbonyl (C=O) groups excluding carboxylic acids is 2. The van der Waals surface area contributed by atoms with Gasteiger partial charge >= 0.3 is 0 Å². The Morgan fingerprint density at radius 3 is 2.03 bits per heavy atom. The molecule has 1 atom stereocenters. The van der Waals surface area contributed by atoms with Crippen LogP contribution in [0.3, 0.4) is 0 Å². The molecule has 0 saturated carbocycles. The Morgan fingerprint density at radius 1 is 0.853 bits per heavy atom. The van der Waals surface area contributed by atoms with Gasteiger partial charge in [-0.2, -0.15) is 0 Å². The molecule has 5 heteroatoms. The number of carbonyl (C=O) groups is 2. The van der Waals surface area contributed by atoms with E-state index >= 15 is 0 Å². The SMILES string of the molecule is CCc1ccc(N2C(=O)C(=O)/C(=C(\O)c3ccccc3)C2c2ccc(N(CC)CC)cc2)cc1. The van der Waals surface area contributed by atoms with E-state index in [1.54, 1.807) is 24.3 Å². The predicted molar refractivity (Wildman–Crippen MR) is 137 cm³/mol. The highest BCUT2D eigenvalue weighted by molar-refractivity contribution is 6.51. The first-order valence-corrected chi connectivity index (χ1v) is 11.8. The minimum Gasteiger partial charge on any atom is -0.507 e. The second-order valence-electron chi connectivity index (χ2n) is 8.32. The number of hydrogen-bond acceptors (Lipinski definition) is 4. The molecule has 4 rings (SSSR count). The number of hydrogen-bond donors (Lipinski definition) is 1. The Bertz CT molecular complexity index is 1190. The topological polar surface area (TPSA) is 60.9 Å². The molecule has 0 aromatic heterocycles. The van der Waals surface area contributed by atoms with Crippen LogP contribution in [0.4, 0.5) is 11.4 Å². The number of Topliss-reactive ketones (excluding diaryl/α,β-unsaturated/α-hetero) is 1. The van der Waals surface area contributed by atoms with E-state index in [-0.39, 0.29) is 11.3 Å². The average Bonchev–Trinajstić information content (AvgIpc) is 3.15. The highest BCUT2D eigenvalue weighted by atomic mass is 16.3. The van der Waals surface area contributed by atoms with Crippen molar-refractivity contribution in [2.24, 2.45) is 0 Å². The molecule has 3 aromatic rings. The summed E-state index contributed by atoms with van der Waals surface area (Å²) in [5.74, 6) is -1.48. The maximum Gasteiger partial charge on any atom is 0.300 e. The van der Waals surface area contributed by atoms with Crippen molar-refractivity contribution < 1.29 is 14.7 Å². The van der Waals surface area contributed by atoms with Gasteiger partial charge in [-0.1, -0.05) is 61.5 Å². The number of rotatable bonds is 7. The molecule has 0 bridgehead atoms. The van der Waals surface area contributed by atoms with E-state index in [0.29, 0.717) is 11.3 Å². The summed E-state index contributed by atoms with van der Waals surface area (Å²) in [6.07, 6.45) is 0.878. The number of aliphatic hydroxyl groups is 1. The van der Waals surface area contributed by atoms with Crippen LogP contribution >= 0.6 is 0 Å². The van der Waals surface area contributed by atoms with Crippen LogP contribution in [0.1, 0.15) is 43.5 Å². The first-order valence-electron chi connectivity index (χ1n) is 11.8. The number of amides is 1. The van der Waals surface area contributed by atoms with Crippen molar-refractivity contribution in [3.8, 4) is 0 Å². The largest absolute Gasteiger partial charge is 0.507 e. The standard InChI is InChI=1S/C29H30N2O3/c1-4-20-12-16-24(17-13-20)31-26(21-14-18-23(19-15-21)30(5-2)6-3)25(28(33)29(31)34)27(32)22-10-8-7-9-11-22/h7-19,26,32H,4-6H2,1-3H3/b27-25-. The van der Waals surface area contributed by atoms with Crippen molar-refractivity contribution in [1.29, 1.82) is 0 Å². The van der Waals surface area contributed by atoms with Gasteiger partial charge < -0.3 is 10.0 Å². The zero-order valence-electron chi connectivity index (χ0n) is 19.9. The minimum absolute atomic E-state index is 0.103. The lowest BCUT2D eigenvalue weighted by Crippen LogP contribution is -2.29. The molecule has 34 heavy (non-hydrogen) atoms. The molecule has 1 saturated heterocycles. The van der Waals surface area contributed by atoms with E-state index in [4.69, 9.17) is 0 Å². The zero-order valence-corrected chi connectivity index (χ0v) is 19.9. The second-order valence-corrected chi connectivity index (χ2v) is 8.32. The smallest absolute Gasteiger partial charge is 0.300 e. The fourth-order valence-corrected chi connectivity index (χ4v) is 4.51. The van der Waals surface area contributed by atoms with Gasteiger partial charge in [0.15, 0.2) is 0 Å². The highest BCUT2D eigenvalue weighted by Crippen LogP contribution is 2.42. The van der Waals surface area contributed by atoms with Gasteiger partial charge in [-0.15, -0.1) is 0 Å². The van der Waals surface area contributed by atoms with Crippen LogP contribution in [-0.4, -0.2) is 29.9 Å². The Balaban J connectivity index is 1.87. The molecule has 1 heterocycles. The molecule has 1 aliphatic rings. The van der Waals surface area contributed by atoms with Crippen molar-refractivity contribution in [2.45, 2.75) is 33.2 Å². The fraction of sp³-hybridized carbons (Fsp3) is 0.241. The van der Waals surface area contributed by atoms with Crippen LogP contribution in [0.25, 0.3) is 5.76 Å². The van der Waals surface area contributed by atoms with Crippen molar-refractivity contribution >= 4 is 28.8 Å². The molecule has 1 N–H and O–H groups in total. The molecule has 5 nitrogen and oxygen atoms in total. The lowest BCUT2D eigenvalue weighted by molar-refractivity contribution is -0.132. The lowest BCUT2D eigenvalue weighted by atomic mass is 9.95. The monoisotopic (exact) mass is 454 g/mol. The van der Waals surface area contributed by atoms with Gasteiger partial charge in [-0.05, 0) is 55.7 Å². The second kappa shape index (κ2) is 9.96. The molecule has 1 fully saturated rings. The van der Waals surface area contributed by atoms with Crippen molar-refractivity contribution in [1.82, 2.24) is 0 Å². The van der Waals surface area contributed by atoms with Gasteiger partial charge in [-0.25, -0.2) is 0 Å². The molecular formula is C29H30N2O3. The number of ketones is 1. The molecular weight excluding hydrogens is 424 g/mol. The quantitative estimate of drug-likeness (QED) is 0.282. The van der Waals surface area contributed by atoms with Crippen LogP contribution in [0.5, 0.6) is 0 Å². The predicted octanol–water partition coefficient (Wildman–Crippen LogP) is 5.72. The van der Waals surface area contributed by atoms with Gasteiger partial charge in [0.25, 0.3) is 11.7 Å². The molecule has 0 spiro atoms. The molecule has 1 aliphatic heterocycles. The summed E-state index contributed by atoms with van der Waals surface area (Å²) in [6, 6.07) is 23.7. The van der Waals surface area contributed by atoms with Crippen molar-refractivity contribution in [3.63, 3.8) is 0 Å². The van der Waals surface area contributed by atoms with Gasteiger partial charge in [0, 0.05) is 30.0 Å². The van der Waals surface area contributed by atoms with Crippen LogP contribution in [0.15, 0.2) is 84.4 Å². The van der Waals surface area contributed by atoms with E-state index < -0.39 is 17.7 Å². The van der Waals surface area contributed by atoms with E-state index in [1.807, 2.05) is 54.6 Å². The average molecular weight is 455 g/mol. The van der Waals surface area contributed by atoms with E-state index in [0.717, 1.165) is 36.3 Å². The van der Waals surface area contributed by atoms with E-state index in [1.165, 1.54) is 4.90 Å². The minimum atomic E-state index is -0.724. The Labute approximate surface area is 201 Å². The normalized spacial score (nSPS) is 17.3. The van der Waals surface area contributed by atoms with Gasteiger partial charge in [0.05, 0.1) is 11.6 Å². The number of anilines is 2.